The van der Waals surface area contributed by atoms with Crippen LogP contribution in [0, 0.1) is 10.1 Å². The highest BCUT2D eigenvalue weighted by molar-refractivity contribution is 6.80. The Bertz CT molecular complexity index is 500. The number of hydrogen-bond donors (Lipinski definition) is 0. The molecule has 0 spiro atoms. The summed E-state index contributed by atoms with van der Waals surface area (Å²) in [6, 6.07) is 1.36. The average Bonchev–Trinajstić information content (AvgIpc) is 2.18. The van der Waals surface area contributed by atoms with Crippen LogP contribution >= 0.6 is 11.6 Å². The maximum Gasteiger partial charge on any atom is 0.287 e. The Morgan fingerprint density at radius 1 is 1.50 bits per heavy atom. The van der Waals surface area contributed by atoms with Crippen LogP contribution in [0.1, 0.15) is 18.0 Å². The van der Waals surface area contributed by atoms with Crippen LogP contribution in [0.15, 0.2) is 12.3 Å². The molecule has 0 fully saturated rings. The molecular weight excluding hydrogens is 272 g/mol. The van der Waals surface area contributed by atoms with E-state index in [0.717, 1.165) is 6.20 Å². The monoisotopic (exact) mass is 286 g/mol. The van der Waals surface area contributed by atoms with E-state index >= 15 is 0 Å². The van der Waals surface area contributed by atoms with E-state index in [-0.39, 0.29) is 22.2 Å². The summed E-state index contributed by atoms with van der Waals surface area (Å²) in [5.74, 6) is -0.0293. The topological polar surface area (TPSA) is 73.1 Å². The van der Waals surface area contributed by atoms with Crippen LogP contribution in [0.25, 0.3) is 0 Å². The van der Waals surface area contributed by atoms with Crippen molar-refractivity contribution in [3.05, 3.63) is 33.1 Å². The summed E-state index contributed by atoms with van der Waals surface area (Å²) in [4.78, 5) is 25.8. The van der Waals surface area contributed by atoms with Crippen LogP contribution in [0.2, 0.25) is 24.8 Å². The lowest BCUT2D eigenvalue weighted by atomic mass is 10.1. The normalized spacial score (nSPS) is 13.2. The van der Waals surface area contributed by atoms with Gasteiger partial charge in [-0.1, -0.05) is 31.2 Å². The van der Waals surface area contributed by atoms with Crippen LogP contribution in [0.3, 0.4) is 0 Å². The number of nitrogens with zero attached hydrogens (tertiary/aromatic N) is 2. The fourth-order valence-electron chi connectivity index (χ4n) is 2.05. The molecule has 0 bridgehead atoms. The molecule has 98 valence electrons. The van der Waals surface area contributed by atoms with Crippen molar-refractivity contribution in [3.63, 3.8) is 0 Å². The molecule has 5 nitrogen and oxygen atoms in total. The Hall–Kier alpha value is -1.27. The molecule has 0 aliphatic rings. The first-order valence-corrected chi connectivity index (χ1v) is 9.40. The van der Waals surface area contributed by atoms with Crippen molar-refractivity contribution >= 4 is 31.1 Å². The second kappa shape index (κ2) is 5.15. The number of rotatable bonds is 4. The fourth-order valence-corrected chi connectivity index (χ4v) is 4.73. The summed E-state index contributed by atoms with van der Waals surface area (Å²) >= 11 is 5.98. The van der Waals surface area contributed by atoms with Gasteiger partial charge in [0.25, 0.3) is 5.69 Å². The number of hydrogen-bond acceptors (Lipinski definition) is 4. The van der Waals surface area contributed by atoms with Crippen molar-refractivity contribution in [2.45, 2.75) is 32.1 Å². The van der Waals surface area contributed by atoms with Gasteiger partial charge in [-0.2, -0.15) is 0 Å². The molecule has 0 aromatic carbocycles. The third-order valence-corrected chi connectivity index (χ3v) is 5.41. The van der Waals surface area contributed by atoms with Gasteiger partial charge in [0.2, 0.25) is 0 Å². The van der Waals surface area contributed by atoms with Gasteiger partial charge in [-0.05, 0) is 6.92 Å². The van der Waals surface area contributed by atoms with Gasteiger partial charge in [-0.15, -0.1) is 0 Å². The smallest absolute Gasteiger partial charge is 0.287 e. The molecule has 1 atom stereocenters. The van der Waals surface area contributed by atoms with Crippen LogP contribution < -0.4 is 0 Å². The lowest BCUT2D eigenvalue weighted by molar-refractivity contribution is -0.385. The Morgan fingerprint density at radius 3 is 2.44 bits per heavy atom. The predicted octanol–water partition coefficient (Wildman–Crippen LogP) is 3.19. The van der Waals surface area contributed by atoms with E-state index in [0.29, 0.717) is 5.56 Å². The molecular formula is C11H15ClN2O3Si. The third kappa shape index (κ3) is 3.14. The van der Waals surface area contributed by atoms with E-state index < -0.39 is 13.0 Å². The molecule has 1 aromatic heterocycles. The van der Waals surface area contributed by atoms with Gasteiger partial charge in [-0.25, -0.2) is 4.98 Å². The minimum absolute atomic E-state index is 0.0293. The van der Waals surface area contributed by atoms with Crippen LogP contribution in [0.5, 0.6) is 0 Å². The predicted molar refractivity (Wildman–Crippen MR) is 72.7 cm³/mol. The van der Waals surface area contributed by atoms with Gasteiger partial charge in [0.05, 0.1) is 13.0 Å². The Kier molecular flexibility index (Phi) is 4.23. The molecule has 0 aliphatic carbocycles. The minimum Gasteiger partial charge on any atom is -0.300 e. The number of pyridine rings is 1. The van der Waals surface area contributed by atoms with Crippen molar-refractivity contribution in [2.75, 3.05) is 0 Å². The summed E-state index contributed by atoms with van der Waals surface area (Å²) in [6.45, 7) is 7.55. The van der Waals surface area contributed by atoms with Gasteiger partial charge in [-0.3, -0.25) is 14.9 Å². The van der Waals surface area contributed by atoms with E-state index in [1.54, 1.807) is 0 Å². The minimum atomic E-state index is -1.88. The molecule has 0 N–H and O–H groups in total. The first-order chi connectivity index (χ1) is 8.14. The van der Waals surface area contributed by atoms with Crippen molar-refractivity contribution in [3.8, 4) is 0 Å². The number of nitro groups is 1. The van der Waals surface area contributed by atoms with Gasteiger partial charge in [0.15, 0.2) is 0 Å². The van der Waals surface area contributed by atoms with Crippen molar-refractivity contribution in [1.82, 2.24) is 4.98 Å². The summed E-state index contributed by atoms with van der Waals surface area (Å²) in [5.41, 5.74) is -0.0474. The van der Waals surface area contributed by atoms with Gasteiger partial charge < -0.3 is 0 Å². The zero-order valence-electron chi connectivity index (χ0n) is 10.7. The highest BCUT2D eigenvalue weighted by Crippen LogP contribution is 2.33. The molecule has 7 heteroatoms. The second-order valence-corrected chi connectivity index (χ2v) is 10.9. The lowest BCUT2D eigenvalue weighted by Gasteiger charge is -2.27. The molecule has 0 saturated heterocycles. The quantitative estimate of drug-likeness (QED) is 0.369. The molecule has 0 aliphatic heterocycles. The van der Waals surface area contributed by atoms with Gasteiger partial charge in [0.1, 0.15) is 17.1 Å². The molecule has 0 saturated carbocycles. The number of carbonyl (C=O) groups excluding carboxylic acids is 1. The highest BCUT2D eigenvalue weighted by atomic mass is 35.5. The number of aromatic nitrogens is 1. The fraction of sp³-hybridized carbons (Fsp3) is 0.455. The largest absolute Gasteiger partial charge is 0.300 e. The third-order valence-electron chi connectivity index (χ3n) is 2.65. The second-order valence-electron chi connectivity index (χ2n) is 5.24. The number of halogens is 1. The van der Waals surface area contributed by atoms with Crippen LogP contribution in [-0.2, 0) is 4.79 Å². The van der Waals surface area contributed by atoms with E-state index in [4.69, 9.17) is 11.6 Å². The highest BCUT2D eigenvalue weighted by Gasteiger charge is 2.34. The zero-order chi connectivity index (χ0) is 14.1. The van der Waals surface area contributed by atoms with Crippen LogP contribution in [0.4, 0.5) is 5.69 Å². The summed E-state index contributed by atoms with van der Waals surface area (Å²) in [7, 11) is -1.88. The van der Waals surface area contributed by atoms with Crippen molar-refractivity contribution in [2.24, 2.45) is 0 Å². The average molecular weight is 287 g/mol. The Labute approximate surface area is 111 Å². The molecule has 0 radical (unpaired) electrons. The Morgan fingerprint density at radius 2 is 2.06 bits per heavy atom. The number of ketones is 1. The maximum absolute atomic E-state index is 11.8. The summed E-state index contributed by atoms with van der Waals surface area (Å²) in [5, 5.41) is 10.9. The van der Waals surface area contributed by atoms with Crippen molar-refractivity contribution < 1.29 is 9.72 Å². The van der Waals surface area contributed by atoms with Gasteiger partial charge >= 0.3 is 0 Å². The van der Waals surface area contributed by atoms with E-state index in [1.807, 2.05) is 19.6 Å². The summed E-state index contributed by atoms with van der Waals surface area (Å²) in [6.07, 6.45) is 1.10. The molecule has 1 unspecified atom stereocenters. The van der Waals surface area contributed by atoms with E-state index in [1.165, 1.54) is 13.0 Å². The molecule has 1 heterocycles. The number of carbonyl (C=O) groups is 1. The zero-order valence-corrected chi connectivity index (χ0v) is 12.5. The first-order valence-electron chi connectivity index (χ1n) is 5.45. The SMILES string of the molecule is CC(=O)C(c1cc([N+](=O)[O-])cnc1Cl)[Si](C)(C)C. The van der Waals surface area contributed by atoms with E-state index in [9.17, 15) is 14.9 Å². The maximum atomic E-state index is 11.8. The van der Waals surface area contributed by atoms with Gasteiger partial charge in [0, 0.05) is 17.2 Å². The molecule has 1 aromatic rings. The lowest BCUT2D eigenvalue weighted by Crippen LogP contribution is -2.36. The molecule has 1 rings (SSSR count). The molecule has 0 amide bonds. The standard InChI is InChI=1S/C11H15ClN2O3Si/c1-7(15)10(18(2,3)4)9-5-8(14(16)17)6-13-11(9)12/h5-6,10H,1-4H3. The van der Waals surface area contributed by atoms with E-state index in [2.05, 4.69) is 4.98 Å². The summed E-state index contributed by atoms with van der Waals surface area (Å²) < 4.78 is 0. The first kappa shape index (κ1) is 14.8. The van der Waals surface area contributed by atoms with Crippen molar-refractivity contribution in [1.29, 1.82) is 0 Å². The molecule has 18 heavy (non-hydrogen) atoms. The Balaban J connectivity index is 3.41. The number of Topliss-reactive ketones (excluding diaryl/α,β-unsaturated/α-hetero) is 1. The van der Waals surface area contributed by atoms with Crippen LogP contribution in [-0.4, -0.2) is 23.8 Å².